The predicted octanol–water partition coefficient (Wildman–Crippen LogP) is 3.76. The number of likely N-dealkylation sites (N-methyl/N-ethyl adjacent to an activating group) is 2. The fourth-order valence-corrected chi connectivity index (χ4v) is 3.83. The standard InChI is InChI=1S/C27H36N6O2/c1-4-32(5-2)17-18-33(6-3)16-15-29-24-9-7-22(8-10-24)26(34)31-25-19-23(20-30-27(25)35)21-11-13-28-14-12-21/h7-14,19-20,29H,4-6,15-18H2,1-3H3,(H,30,35)(H,31,34). The molecule has 1 aromatic carbocycles. The average molecular weight is 477 g/mol. The monoisotopic (exact) mass is 476 g/mol. The molecule has 0 saturated carbocycles. The molecule has 0 aliphatic rings. The summed E-state index contributed by atoms with van der Waals surface area (Å²) in [7, 11) is 0. The molecule has 1 amide bonds. The van der Waals surface area contributed by atoms with Crippen molar-refractivity contribution in [3.05, 3.63) is 77.0 Å². The van der Waals surface area contributed by atoms with Crippen molar-refractivity contribution in [2.45, 2.75) is 20.8 Å². The molecule has 8 nitrogen and oxygen atoms in total. The predicted molar refractivity (Wildman–Crippen MR) is 143 cm³/mol. The van der Waals surface area contributed by atoms with Crippen LogP contribution in [0.4, 0.5) is 11.4 Å². The Hall–Kier alpha value is -3.49. The molecular formula is C27H36N6O2. The van der Waals surface area contributed by atoms with E-state index in [9.17, 15) is 9.59 Å². The molecule has 8 heteroatoms. The van der Waals surface area contributed by atoms with E-state index in [2.05, 4.69) is 51.2 Å². The number of aromatic nitrogens is 2. The lowest BCUT2D eigenvalue weighted by Crippen LogP contribution is -2.37. The highest BCUT2D eigenvalue weighted by molar-refractivity contribution is 6.04. The van der Waals surface area contributed by atoms with E-state index in [1.165, 1.54) is 0 Å². The summed E-state index contributed by atoms with van der Waals surface area (Å²) in [6.07, 6.45) is 4.98. The molecule has 0 aliphatic heterocycles. The lowest BCUT2D eigenvalue weighted by atomic mass is 10.1. The molecule has 0 saturated heterocycles. The Bertz CT molecular complexity index is 1110. The minimum Gasteiger partial charge on any atom is -0.384 e. The molecule has 0 spiro atoms. The normalized spacial score (nSPS) is 11.1. The highest BCUT2D eigenvalue weighted by Crippen LogP contribution is 2.19. The van der Waals surface area contributed by atoms with E-state index in [1.54, 1.807) is 36.8 Å². The lowest BCUT2D eigenvalue weighted by Gasteiger charge is -2.25. The van der Waals surface area contributed by atoms with Gasteiger partial charge in [-0.2, -0.15) is 0 Å². The van der Waals surface area contributed by atoms with Crippen molar-refractivity contribution in [1.82, 2.24) is 19.8 Å². The Labute approximate surface area is 207 Å². The molecule has 3 N–H and O–H groups in total. The van der Waals surface area contributed by atoms with Crippen LogP contribution in [-0.4, -0.2) is 71.5 Å². The van der Waals surface area contributed by atoms with Gasteiger partial charge in [-0.15, -0.1) is 0 Å². The van der Waals surface area contributed by atoms with Crippen LogP contribution in [0.25, 0.3) is 11.1 Å². The topological polar surface area (TPSA) is 93.4 Å². The maximum atomic E-state index is 12.7. The van der Waals surface area contributed by atoms with Crippen molar-refractivity contribution >= 4 is 17.3 Å². The number of nitrogens with one attached hydrogen (secondary N) is 3. The van der Waals surface area contributed by atoms with E-state index in [1.807, 2.05) is 24.3 Å². The summed E-state index contributed by atoms with van der Waals surface area (Å²) in [5.74, 6) is -0.331. The largest absolute Gasteiger partial charge is 0.384 e. The maximum absolute atomic E-state index is 12.7. The fourth-order valence-electron chi connectivity index (χ4n) is 3.83. The number of aromatic amines is 1. The van der Waals surface area contributed by atoms with Crippen LogP contribution in [0, 0.1) is 0 Å². The Morgan fingerprint density at radius 1 is 0.886 bits per heavy atom. The van der Waals surface area contributed by atoms with Gasteiger partial charge in [0.1, 0.15) is 5.69 Å². The minimum atomic E-state index is -0.351. The van der Waals surface area contributed by atoms with E-state index in [-0.39, 0.29) is 17.2 Å². The van der Waals surface area contributed by atoms with E-state index >= 15 is 0 Å². The van der Waals surface area contributed by atoms with Crippen LogP contribution in [0.3, 0.4) is 0 Å². The zero-order valence-electron chi connectivity index (χ0n) is 20.9. The second-order valence-corrected chi connectivity index (χ2v) is 8.29. The van der Waals surface area contributed by atoms with Crippen molar-refractivity contribution in [3.8, 4) is 11.1 Å². The summed E-state index contributed by atoms with van der Waals surface area (Å²) in [6.45, 7) is 13.7. The molecule has 0 fully saturated rings. The summed E-state index contributed by atoms with van der Waals surface area (Å²) < 4.78 is 0. The number of pyridine rings is 2. The highest BCUT2D eigenvalue weighted by Gasteiger charge is 2.11. The van der Waals surface area contributed by atoms with Gasteiger partial charge >= 0.3 is 0 Å². The quantitative estimate of drug-likeness (QED) is 0.348. The van der Waals surface area contributed by atoms with Crippen LogP contribution >= 0.6 is 0 Å². The van der Waals surface area contributed by atoms with Gasteiger partial charge in [-0.3, -0.25) is 14.6 Å². The average Bonchev–Trinajstić information content (AvgIpc) is 2.90. The van der Waals surface area contributed by atoms with Gasteiger partial charge < -0.3 is 25.4 Å². The van der Waals surface area contributed by atoms with Crippen molar-refractivity contribution in [3.63, 3.8) is 0 Å². The van der Waals surface area contributed by atoms with Gasteiger partial charge in [-0.25, -0.2) is 0 Å². The first-order chi connectivity index (χ1) is 17.0. The zero-order valence-corrected chi connectivity index (χ0v) is 20.9. The summed E-state index contributed by atoms with van der Waals surface area (Å²) in [5, 5.41) is 6.15. The van der Waals surface area contributed by atoms with Crippen LogP contribution in [0.1, 0.15) is 31.1 Å². The Morgan fingerprint density at radius 3 is 2.20 bits per heavy atom. The van der Waals surface area contributed by atoms with Crippen molar-refractivity contribution < 1.29 is 4.79 Å². The first-order valence-corrected chi connectivity index (χ1v) is 12.3. The number of hydrogen-bond acceptors (Lipinski definition) is 6. The van der Waals surface area contributed by atoms with Gasteiger partial charge in [-0.05, 0) is 67.7 Å². The molecule has 3 rings (SSSR count). The van der Waals surface area contributed by atoms with Crippen LogP contribution in [0.15, 0.2) is 65.8 Å². The maximum Gasteiger partial charge on any atom is 0.271 e. The number of H-pyrrole nitrogens is 1. The zero-order chi connectivity index (χ0) is 25.0. The summed E-state index contributed by atoms with van der Waals surface area (Å²) >= 11 is 0. The highest BCUT2D eigenvalue weighted by atomic mass is 16.2. The number of nitrogens with zero attached hydrogens (tertiary/aromatic N) is 3. The van der Waals surface area contributed by atoms with Crippen molar-refractivity contribution in [1.29, 1.82) is 0 Å². The van der Waals surface area contributed by atoms with Crippen molar-refractivity contribution in [2.24, 2.45) is 0 Å². The van der Waals surface area contributed by atoms with E-state index in [0.29, 0.717) is 5.56 Å². The number of carbonyl (C=O) groups is 1. The van der Waals surface area contributed by atoms with Crippen LogP contribution < -0.4 is 16.2 Å². The van der Waals surface area contributed by atoms with Gasteiger partial charge in [0.2, 0.25) is 0 Å². The molecule has 35 heavy (non-hydrogen) atoms. The van der Waals surface area contributed by atoms with Crippen LogP contribution in [0.2, 0.25) is 0 Å². The molecule has 186 valence electrons. The number of carbonyl (C=O) groups excluding carboxylic acids is 1. The fraction of sp³-hybridized carbons (Fsp3) is 0.370. The summed E-state index contributed by atoms with van der Waals surface area (Å²) in [4.78, 5) is 36.5. The molecule has 0 bridgehead atoms. The first kappa shape index (κ1) is 26.1. The van der Waals surface area contributed by atoms with E-state index in [0.717, 1.165) is 62.6 Å². The van der Waals surface area contributed by atoms with E-state index in [4.69, 9.17) is 0 Å². The van der Waals surface area contributed by atoms with Crippen LogP contribution in [-0.2, 0) is 0 Å². The van der Waals surface area contributed by atoms with Gasteiger partial charge in [0.15, 0.2) is 0 Å². The third-order valence-electron chi connectivity index (χ3n) is 6.14. The first-order valence-electron chi connectivity index (χ1n) is 12.3. The third kappa shape index (κ3) is 7.77. The number of hydrogen-bond donors (Lipinski definition) is 3. The van der Waals surface area contributed by atoms with Crippen LogP contribution in [0.5, 0.6) is 0 Å². The number of rotatable bonds is 13. The van der Waals surface area contributed by atoms with Crippen molar-refractivity contribution in [2.75, 3.05) is 56.4 Å². The molecule has 0 atom stereocenters. The molecule has 2 aromatic heterocycles. The molecule has 0 radical (unpaired) electrons. The Kier molecular flexibility index (Phi) is 10.0. The molecular weight excluding hydrogens is 440 g/mol. The number of amides is 1. The van der Waals surface area contributed by atoms with Gasteiger partial charge in [-0.1, -0.05) is 20.8 Å². The lowest BCUT2D eigenvalue weighted by molar-refractivity contribution is 0.102. The number of benzene rings is 1. The van der Waals surface area contributed by atoms with Gasteiger partial charge in [0, 0.05) is 61.6 Å². The summed E-state index contributed by atoms with van der Waals surface area (Å²) in [6, 6.07) is 12.7. The second-order valence-electron chi connectivity index (χ2n) is 8.29. The molecule has 2 heterocycles. The minimum absolute atomic E-state index is 0.205. The summed E-state index contributed by atoms with van der Waals surface area (Å²) in [5.41, 5.74) is 2.99. The smallest absolute Gasteiger partial charge is 0.271 e. The molecule has 0 aliphatic carbocycles. The molecule has 3 aromatic rings. The SMILES string of the molecule is CCN(CC)CCN(CC)CCNc1ccc(C(=O)Nc2cc(-c3ccncc3)c[nH]c2=O)cc1. The third-order valence-corrected chi connectivity index (χ3v) is 6.14. The Morgan fingerprint density at radius 2 is 1.54 bits per heavy atom. The van der Waals surface area contributed by atoms with E-state index < -0.39 is 0 Å². The second kappa shape index (κ2) is 13.4. The van der Waals surface area contributed by atoms with Gasteiger partial charge in [0.05, 0.1) is 0 Å². The number of anilines is 2. The Balaban J connectivity index is 1.53. The molecule has 0 unspecified atom stereocenters. The van der Waals surface area contributed by atoms with Gasteiger partial charge in [0.25, 0.3) is 11.5 Å².